The molecule has 2 aromatic carbocycles. The maximum atomic E-state index is 13.0. The zero-order valence-electron chi connectivity index (χ0n) is 15.2. The standard InChI is InChI=1S/C20H22ClFN2O2S/c1-14(20(26)23-2)24(11-15-3-7-17(21)8-4-15)19(25)13-27-12-16-5-9-18(22)10-6-16/h3-10,14H,11-13H2,1-2H3,(H,23,26)/t14-/m0/s1. The summed E-state index contributed by atoms with van der Waals surface area (Å²) in [6.45, 7) is 2.03. The first-order valence-electron chi connectivity index (χ1n) is 8.48. The molecule has 27 heavy (non-hydrogen) atoms. The maximum absolute atomic E-state index is 13.0. The van der Waals surface area contributed by atoms with Crippen LogP contribution in [0.15, 0.2) is 48.5 Å². The number of likely N-dealkylation sites (N-methyl/N-ethyl adjacent to an activating group) is 1. The predicted molar refractivity (Wildman–Crippen MR) is 108 cm³/mol. The molecule has 0 heterocycles. The third-order valence-electron chi connectivity index (χ3n) is 4.09. The van der Waals surface area contributed by atoms with E-state index in [1.165, 1.54) is 23.9 Å². The van der Waals surface area contributed by atoms with Gasteiger partial charge < -0.3 is 10.2 Å². The van der Waals surface area contributed by atoms with E-state index in [0.717, 1.165) is 11.1 Å². The summed E-state index contributed by atoms with van der Waals surface area (Å²) in [7, 11) is 1.55. The Morgan fingerprint density at radius 3 is 2.30 bits per heavy atom. The van der Waals surface area contributed by atoms with Gasteiger partial charge in [-0.15, -0.1) is 11.8 Å². The number of carbonyl (C=O) groups is 2. The maximum Gasteiger partial charge on any atom is 0.242 e. The number of hydrogen-bond donors (Lipinski definition) is 1. The largest absolute Gasteiger partial charge is 0.357 e. The average molecular weight is 409 g/mol. The highest BCUT2D eigenvalue weighted by atomic mass is 35.5. The van der Waals surface area contributed by atoms with Crippen LogP contribution in [0.4, 0.5) is 4.39 Å². The topological polar surface area (TPSA) is 49.4 Å². The van der Waals surface area contributed by atoms with E-state index in [4.69, 9.17) is 11.6 Å². The summed E-state index contributed by atoms with van der Waals surface area (Å²) in [4.78, 5) is 26.4. The van der Waals surface area contributed by atoms with Crippen molar-refractivity contribution in [1.29, 1.82) is 0 Å². The highest BCUT2D eigenvalue weighted by Gasteiger charge is 2.25. The summed E-state index contributed by atoms with van der Waals surface area (Å²) < 4.78 is 13.0. The Bertz CT molecular complexity index is 769. The normalized spacial score (nSPS) is 11.7. The first kappa shape index (κ1) is 21.3. The van der Waals surface area contributed by atoms with Gasteiger partial charge in [-0.05, 0) is 42.3 Å². The molecule has 0 fully saturated rings. The van der Waals surface area contributed by atoms with Crippen molar-refractivity contribution < 1.29 is 14.0 Å². The van der Waals surface area contributed by atoms with Gasteiger partial charge in [-0.1, -0.05) is 35.9 Å². The van der Waals surface area contributed by atoms with Crippen LogP contribution in [-0.2, 0) is 21.9 Å². The summed E-state index contributed by atoms with van der Waals surface area (Å²) in [5, 5.41) is 3.20. The number of rotatable bonds is 8. The summed E-state index contributed by atoms with van der Waals surface area (Å²) in [6.07, 6.45) is 0. The van der Waals surface area contributed by atoms with Crippen molar-refractivity contribution in [2.24, 2.45) is 0 Å². The lowest BCUT2D eigenvalue weighted by atomic mass is 10.1. The van der Waals surface area contributed by atoms with Crippen molar-refractivity contribution >= 4 is 35.2 Å². The Kier molecular flexibility index (Phi) is 8.13. The molecule has 4 nitrogen and oxygen atoms in total. The van der Waals surface area contributed by atoms with E-state index in [9.17, 15) is 14.0 Å². The van der Waals surface area contributed by atoms with Gasteiger partial charge in [-0.2, -0.15) is 0 Å². The molecule has 2 rings (SSSR count). The van der Waals surface area contributed by atoms with Gasteiger partial charge in [0.15, 0.2) is 0 Å². The summed E-state index contributed by atoms with van der Waals surface area (Å²) in [6, 6.07) is 12.8. The van der Waals surface area contributed by atoms with Crippen molar-refractivity contribution in [3.05, 3.63) is 70.5 Å². The molecule has 0 spiro atoms. The molecule has 0 saturated heterocycles. The van der Waals surface area contributed by atoms with Crippen LogP contribution in [0.2, 0.25) is 5.02 Å². The molecule has 0 bridgehead atoms. The molecule has 0 radical (unpaired) electrons. The van der Waals surface area contributed by atoms with Gasteiger partial charge in [-0.25, -0.2) is 4.39 Å². The molecule has 144 valence electrons. The van der Waals surface area contributed by atoms with Gasteiger partial charge in [0.05, 0.1) is 5.75 Å². The molecule has 0 aliphatic heterocycles. The highest BCUT2D eigenvalue weighted by molar-refractivity contribution is 7.99. The van der Waals surface area contributed by atoms with Crippen molar-refractivity contribution in [2.45, 2.75) is 25.3 Å². The van der Waals surface area contributed by atoms with Crippen LogP contribution in [0.5, 0.6) is 0 Å². The van der Waals surface area contributed by atoms with E-state index in [-0.39, 0.29) is 23.4 Å². The van der Waals surface area contributed by atoms with Crippen molar-refractivity contribution in [3.63, 3.8) is 0 Å². The van der Waals surface area contributed by atoms with Crippen LogP contribution in [0, 0.1) is 5.82 Å². The third-order valence-corrected chi connectivity index (χ3v) is 5.33. The first-order chi connectivity index (χ1) is 12.9. The molecule has 2 aromatic rings. The van der Waals surface area contributed by atoms with Gasteiger partial charge in [0.2, 0.25) is 11.8 Å². The van der Waals surface area contributed by atoms with Crippen LogP contribution in [-0.4, -0.2) is 35.6 Å². The second-order valence-electron chi connectivity index (χ2n) is 6.06. The quantitative estimate of drug-likeness (QED) is 0.721. The Labute approximate surface area is 168 Å². The Morgan fingerprint density at radius 2 is 1.70 bits per heavy atom. The molecule has 0 saturated carbocycles. The van der Waals surface area contributed by atoms with Crippen molar-refractivity contribution in [3.8, 4) is 0 Å². The number of nitrogens with one attached hydrogen (secondary N) is 1. The fourth-order valence-corrected chi connectivity index (χ4v) is 3.49. The molecule has 2 amide bonds. The number of nitrogens with zero attached hydrogens (tertiary/aromatic N) is 1. The molecule has 1 atom stereocenters. The van der Waals surface area contributed by atoms with E-state index in [0.29, 0.717) is 17.3 Å². The van der Waals surface area contributed by atoms with Gasteiger partial charge in [0.25, 0.3) is 0 Å². The van der Waals surface area contributed by atoms with E-state index in [2.05, 4.69) is 5.32 Å². The second-order valence-corrected chi connectivity index (χ2v) is 7.48. The number of halogens is 2. The molecule has 0 unspecified atom stereocenters. The van der Waals surface area contributed by atoms with E-state index in [1.807, 2.05) is 12.1 Å². The lowest BCUT2D eigenvalue weighted by Gasteiger charge is -2.28. The van der Waals surface area contributed by atoms with Crippen LogP contribution in [0.1, 0.15) is 18.1 Å². The first-order valence-corrected chi connectivity index (χ1v) is 10.0. The monoisotopic (exact) mass is 408 g/mol. The lowest BCUT2D eigenvalue weighted by Crippen LogP contribution is -2.47. The molecule has 0 aliphatic rings. The van der Waals surface area contributed by atoms with Crippen LogP contribution in [0.25, 0.3) is 0 Å². The molecule has 1 N–H and O–H groups in total. The van der Waals surface area contributed by atoms with Crippen LogP contribution < -0.4 is 5.32 Å². The molecular formula is C20H22ClFN2O2S. The lowest BCUT2D eigenvalue weighted by molar-refractivity contribution is -0.138. The number of amides is 2. The predicted octanol–water partition coefficient (Wildman–Crippen LogP) is 3.88. The zero-order valence-corrected chi connectivity index (χ0v) is 16.8. The van der Waals surface area contributed by atoms with E-state index >= 15 is 0 Å². The number of hydrogen-bond acceptors (Lipinski definition) is 3. The van der Waals surface area contributed by atoms with E-state index < -0.39 is 6.04 Å². The molecule has 0 aromatic heterocycles. The molecule has 0 aliphatic carbocycles. The van der Waals surface area contributed by atoms with Gasteiger partial charge in [-0.3, -0.25) is 9.59 Å². The molecule has 7 heteroatoms. The Morgan fingerprint density at radius 1 is 1.11 bits per heavy atom. The second kappa shape index (κ2) is 10.3. The minimum absolute atomic E-state index is 0.131. The molecular weight excluding hydrogens is 387 g/mol. The Balaban J connectivity index is 2.02. The van der Waals surface area contributed by atoms with Crippen molar-refractivity contribution in [2.75, 3.05) is 12.8 Å². The summed E-state index contributed by atoms with van der Waals surface area (Å²) in [5.41, 5.74) is 1.84. The number of carbonyl (C=O) groups excluding carboxylic acids is 2. The fraction of sp³-hybridized carbons (Fsp3) is 0.300. The summed E-state index contributed by atoms with van der Waals surface area (Å²) in [5.74, 6) is 0.184. The SMILES string of the molecule is CNC(=O)[C@H](C)N(Cc1ccc(Cl)cc1)C(=O)CSCc1ccc(F)cc1. The zero-order chi connectivity index (χ0) is 19.8. The number of thioether (sulfide) groups is 1. The van der Waals surface area contributed by atoms with Crippen LogP contribution >= 0.6 is 23.4 Å². The Hall–Kier alpha value is -2.05. The van der Waals surface area contributed by atoms with Crippen molar-refractivity contribution in [1.82, 2.24) is 10.2 Å². The van der Waals surface area contributed by atoms with Crippen LogP contribution in [0.3, 0.4) is 0 Å². The smallest absolute Gasteiger partial charge is 0.242 e. The minimum atomic E-state index is -0.593. The third kappa shape index (κ3) is 6.56. The number of benzene rings is 2. The minimum Gasteiger partial charge on any atom is -0.357 e. The average Bonchev–Trinajstić information content (AvgIpc) is 2.67. The van der Waals surface area contributed by atoms with Gasteiger partial charge in [0.1, 0.15) is 11.9 Å². The van der Waals surface area contributed by atoms with Gasteiger partial charge in [0, 0.05) is 24.4 Å². The van der Waals surface area contributed by atoms with Gasteiger partial charge >= 0.3 is 0 Å². The summed E-state index contributed by atoms with van der Waals surface area (Å²) >= 11 is 7.34. The highest BCUT2D eigenvalue weighted by Crippen LogP contribution is 2.17. The fourth-order valence-electron chi connectivity index (χ4n) is 2.50. The van der Waals surface area contributed by atoms with E-state index in [1.54, 1.807) is 43.1 Å².